The van der Waals surface area contributed by atoms with Crippen LogP contribution >= 0.6 is 0 Å². The number of phenols is 4. The minimum atomic E-state index is -1.49. The molecule has 0 atom stereocenters. The third kappa shape index (κ3) is 13.2. The van der Waals surface area contributed by atoms with Crippen LogP contribution in [0.15, 0.2) is 82.8 Å². The molecule has 0 unspecified atom stereocenters. The summed E-state index contributed by atoms with van der Waals surface area (Å²) in [7, 11) is 0. The molecule has 274 valence electrons. The Kier molecular flexibility index (Phi) is 18.8. The van der Waals surface area contributed by atoms with Crippen LogP contribution in [0.25, 0.3) is 0 Å². The number of hydrogen-bond acceptors (Lipinski definition) is 10. The van der Waals surface area contributed by atoms with E-state index in [2.05, 4.69) is 38.1 Å². The molecule has 0 saturated heterocycles. The summed E-state index contributed by atoms with van der Waals surface area (Å²) >= 11 is 0. The monoisotopic (exact) mass is 740 g/mol. The average Bonchev–Trinajstić information content (AvgIpc) is 3.08. The molecule has 0 aliphatic rings. The first-order chi connectivity index (χ1) is 23.7. The van der Waals surface area contributed by atoms with Crippen LogP contribution in [-0.4, -0.2) is 43.8 Å². The van der Waals surface area contributed by atoms with Gasteiger partial charge < -0.3 is 40.2 Å². The second-order valence-corrected chi connectivity index (χ2v) is 11.7. The van der Waals surface area contributed by atoms with E-state index in [4.69, 9.17) is 20.2 Å². The molecule has 0 spiro atoms. The maximum absolute atomic E-state index is 10.6. The van der Waals surface area contributed by atoms with Crippen LogP contribution < -0.4 is 10.2 Å². The minimum Gasteiger partial charge on any atom is -0.545 e. The van der Waals surface area contributed by atoms with E-state index in [0.29, 0.717) is 22.3 Å². The summed E-state index contributed by atoms with van der Waals surface area (Å²) < 4.78 is 0. The predicted octanol–water partition coefficient (Wildman–Crippen LogP) is 7.07. The van der Waals surface area contributed by atoms with Crippen molar-refractivity contribution >= 4 is 34.7 Å². The molecule has 0 amide bonds. The summed E-state index contributed by atoms with van der Waals surface area (Å²) in [4.78, 5) is 31.0. The zero-order valence-electron chi connectivity index (χ0n) is 29.8. The molecular formula is C40H46N2NiO8. The summed E-state index contributed by atoms with van der Waals surface area (Å²) in [5.74, 6) is -5.14. The van der Waals surface area contributed by atoms with Crippen LogP contribution in [0.4, 0.5) is 11.4 Å². The van der Waals surface area contributed by atoms with Crippen LogP contribution in [0, 0.1) is 27.7 Å². The molecule has 0 radical (unpaired) electrons. The number of phenolic OH excluding ortho intramolecular Hbond substituents is 2. The number of rotatable bonds is 11. The van der Waals surface area contributed by atoms with Crippen molar-refractivity contribution in [2.45, 2.75) is 80.1 Å². The maximum atomic E-state index is 10.6. The van der Waals surface area contributed by atoms with Gasteiger partial charge in [-0.2, -0.15) is 0 Å². The number of aromatic hydroxyl groups is 4. The van der Waals surface area contributed by atoms with E-state index in [1.165, 1.54) is 25.0 Å². The van der Waals surface area contributed by atoms with Gasteiger partial charge >= 0.3 is 16.5 Å². The number of aryl methyl sites for hydroxylation is 2. The number of aliphatic imine (C=N–C) groups is 2. The van der Waals surface area contributed by atoms with Crippen molar-refractivity contribution in [2.24, 2.45) is 9.98 Å². The molecule has 0 heterocycles. The van der Waals surface area contributed by atoms with Gasteiger partial charge in [0.05, 0.1) is 34.7 Å². The average molecular weight is 742 g/mol. The van der Waals surface area contributed by atoms with Crippen molar-refractivity contribution in [3.8, 4) is 23.0 Å². The number of carboxylic acid groups (broad SMARTS) is 2. The van der Waals surface area contributed by atoms with E-state index in [0.717, 1.165) is 48.5 Å². The molecule has 0 aromatic heterocycles. The third-order valence-corrected chi connectivity index (χ3v) is 7.91. The maximum Gasteiger partial charge on any atom is 2.00 e. The van der Waals surface area contributed by atoms with Gasteiger partial charge in [-0.25, -0.2) is 0 Å². The fourth-order valence-corrected chi connectivity index (χ4v) is 4.80. The number of hydrogen-bond donors (Lipinski definition) is 4. The molecule has 4 aromatic carbocycles. The Balaban J connectivity index is 0.000000411. The van der Waals surface area contributed by atoms with Crippen molar-refractivity contribution in [1.29, 1.82) is 0 Å². The Hall–Kier alpha value is -5.15. The minimum absolute atomic E-state index is 0. The molecule has 4 N–H and O–H groups in total. The van der Waals surface area contributed by atoms with Gasteiger partial charge in [0.15, 0.2) is 23.0 Å². The smallest absolute Gasteiger partial charge is 0.545 e. The van der Waals surface area contributed by atoms with E-state index in [1.807, 2.05) is 36.4 Å². The zero-order chi connectivity index (χ0) is 37.4. The van der Waals surface area contributed by atoms with Crippen LogP contribution in [0.3, 0.4) is 0 Å². The summed E-state index contributed by atoms with van der Waals surface area (Å²) in [5, 5.41) is 57.8. The first kappa shape index (κ1) is 43.9. The van der Waals surface area contributed by atoms with Crippen LogP contribution in [0.2, 0.25) is 0 Å². The molecule has 0 aliphatic heterocycles. The zero-order valence-corrected chi connectivity index (χ0v) is 30.8. The third-order valence-electron chi connectivity index (χ3n) is 7.91. The van der Waals surface area contributed by atoms with E-state index < -0.39 is 34.9 Å². The predicted molar refractivity (Wildman–Crippen MR) is 193 cm³/mol. The Bertz CT molecular complexity index is 1620. The van der Waals surface area contributed by atoms with Gasteiger partial charge in [-0.1, -0.05) is 63.1 Å². The summed E-state index contributed by atoms with van der Waals surface area (Å²) in [6.45, 7) is 10.8. The van der Waals surface area contributed by atoms with Crippen molar-refractivity contribution in [3.05, 3.63) is 106 Å². The topological polar surface area (TPSA) is 186 Å². The second-order valence-electron chi connectivity index (χ2n) is 11.7. The molecule has 0 fully saturated rings. The SMILES string of the molecule is CCCCC(=Nc1ccccc1)C(CCCC)=Nc1ccccc1.Cc1cc(O)c(O)c(C(=O)[O-])c1C.Cc1cc(O)c(O)c(C(=O)[O-])c1C.[Ni+2]. The van der Waals surface area contributed by atoms with Crippen molar-refractivity contribution in [3.63, 3.8) is 0 Å². The molecule has 4 aromatic rings. The number of carboxylic acids is 2. The normalized spacial score (nSPS) is 10.9. The number of para-hydroxylation sites is 2. The Morgan fingerprint density at radius 2 is 0.902 bits per heavy atom. The molecular weight excluding hydrogens is 695 g/mol. The largest absolute Gasteiger partial charge is 2.00 e. The summed E-state index contributed by atoms with van der Waals surface area (Å²) in [6, 6.07) is 23.1. The first-order valence-corrected chi connectivity index (χ1v) is 16.5. The number of carbonyl (C=O) groups is 2. The van der Waals surface area contributed by atoms with E-state index in [1.54, 1.807) is 27.7 Å². The van der Waals surface area contributed by atoms with Gasteiger partial charge in [0, 0.05) is 11.1 Å². The molecule has 51 heavy (non-hydrogen) atoms. The number of benzene rings is 4. The van der Waals surface area contributed by atoms with Crippen molar-refractivity contribution < 1.29 is 56.7 Å². The van der Waals surface area contributed by atoms with Crippen LogP contribution in [0.5, 0.6) is 23.0 Å². The van der Waals surface area contributed by atoms with Gasteiger partial charge in [-0.3, -0.25) is 9.98 Å². The van der Waals surface area contributed by atoms with Gasteiger partial charge in [0.25, 0.3) is 0 Å². The molecule has 10 nitrogen and oxygen atoms in total. The number of nitrogens with zero attached hydrogens (tertiary/aromatic N) is 2. The first-order valence-electron chi connectivity index (χ1n) is 16.5. The fraction of sp³-hybridized carbons (Fsp3) is 0.300. The van der Waals surface area contributed by atoms with Crippen LogP contribution in [0.1, 0.15) is 95.3 Å². The standard InChI is InChI=1S/C22H28N2.2C9H10O4.Ni/c1-3-5-17-21(23-19-13-9-7-10-14-19)22(18-6-4-2)24-20-15-11-8-12-16-20;2*1-4-3-6(10)8(11)7(5(4)2)9(12)13;/h7-16H,3-6,17-18H2,1-2H3;2*3,10-11H,1-2H3,(H,12,13);/q;;;+2/p-2. The number of carbonyl (C=O) groups excluding carboxylic acids is 2. The Morgan fingerprint density at radius 3 is 1.18 bits per heavy atom. The quantitative estimate of drug-likeness (QED) is 0.0714. The molecule has 0 saturated carbocycles. The summed E-state index contributed by atoms with van der Waals surface area (Å²) in [5.41, 5.74) is 5.59. The number of aromatic carboxylic acids is 2. The second kappa shape index (κ2) is 21.8. The molecule has 4 rings (SSSR count). The van der Waals surface area contributed by atoms with Gasteiger partial charge in [0.2, 0.25) is 0 Å². The van der Waals surface area contributed by atoms with Gasteiger partial charge in [-0.15, -0.1) is 0 Å². The number of unbranched alkanes of at least 4 members (excludes halogenated alkanes) is 2. The molecule has 11 heteroatoms. The van der Waals surface area contributed by atoms with E-state index >= 15 is 0 Å². The van der Waals surface area contributed by atoms with Gasteiger partial charge in [0.1, 0.15) is 0 Å². The van der Waals surface area contributed by atoms with Crippen molar-refractivity contribution in [1.82, 2.24) is 0 Å². The molecule has 0 aliphatic carbocycles. The van der Waals surface area contributed by atoms with E-state index in [-0.39, 0.29) is 27.6 Å². The van der Waals surface area contributed by atoms with Crippen molar-refractivity contribution in [2.75, 3.05) is 0 Å². The van der Waals surface area contributed by atoms with Gasteiger partial charge in [-0.05, 0) is 112 Å². The van der Waals surface area contributed by atoms with Crippen LogP contribution in [-0.2, 0) is 16.5 Å². The Morgan fingerprint density at radius 1 is 0.588 bits per heavy atom. The molecule has 0 bridgehead atoms. The summed E-state index contributed by atoms with van der Waals surface area (Å²) in [6.07, 6.45) is 6.60. The van der Waals surface area contributed by atoms with E-state index in [9.17, 15) is 30.0 Å². The Labute approximate surface area is 309 Å². The fourth-order valence-electron chi connectivity index (χ4n) is 4.80.